The number of anilines is 1. The van der Waals surface area contributed by atoms with E-state index in [1.54, 1.807) is 31.2 Å². The van der Waals surface area contributed by atoms with E-state index in [1.165, 1.54) is 11.3 Å². The highest BCUT2D eigenvalue weighted by molar-refractivity contribution is 7.15. The summed E-state index contributed by atoms with van der Waals surface area (Å²) in [5.74, 6) is 0.190. The van der Waals surface area contributed by atoms with Crippen LogP contribution in [0.1, 0.15) is 23.9 Å². The van der Waals surface area contributed by atoms with Crippen molar-refractivity contribution in [3.05, 3.63) is 40.9 Å². The van der Waals surface area contributed by atoms with Crippen molar-refractivity contribution in [2.24, 2.45) is 5.92 Å². The fourth-order valence-electron chi connectivity index (χ4n) is 2.60. The highest BCUT2D eigenvalue weighted by atomic mass is 32.1. The Morgan fingerprint density at radius 2 is 2.12 bits per heavy atom. The first-order chi connectivity index (χ1) is 11.7. The van der Waals surface area contributed by atoms with Gasteiger partial charge in [-0.05, 0) is 38.3 Å². The van der Waals surface area contributed by atoms with Gasteiger partial charge in [0.25, 0.3) is 0 Å². The van der Waals surface area contributed by atoms with Crippen LogP contribution in [-0.2, 0) is 22.4 Å². The van der Waals surface area contributed by atoms with Crippen molar-refractivity contribution in [1.82, 2.24) is 4.98 Å². The van der Waals surface area contributed by atoms with Crippen molar-refractivity contribution in [2.75, 3.05) is 11.9 Å². The molecule has 126 valence electrons. The summed E-state index contributed by atoms with van der Waals surface area (Å²) in [5.41, 5.74) is 0.940. The minimum absolute atomic E-state index is 0.123. The third-order valence-corrected chi connectivity index (χ3v) is 4.76. The number of fused-ring (bicyclic) bond motifs is 1. The van der Waals surface area contributed by atoms with Gasteiger partial charge in [-0.1, -0.05) is 18.2 Å². The predicted octanol–water partition coefficient (Wildman–Crippen LogP) is 3.42. The molecule has 1 aliphatic rings. The summed E-state index contributed by atoms with van der Waals surface area (Å²) in [4.78, 5) is 29.2. The first-order valence-electron chi connectivity index (χ1n) is 7.84. The normalized spacial score (nSPS) is 16.1. The Balaban J connectivity index is 1.61. The van der Waals surface area contributed by atoms with Crippen LogP contribution in [0.3, 0.4) is 0 Å². The molecule has 24 heavy (non-hydrogen) atoms. The highest BCUT2D eigenvalue weighted by Crippen LogP contribution is 2.33. The number of hydrogen-bond acceptors (Lipinski definition) is 6. The monoisotopic (exact) mass is 346 g/mol. The number of aromatic nitrogens is 1. The largest absolute Gasteiger partial charge is 0.466 e. The van der Waals surface area contributed by atoms with Gasteiger partial charge in [0.2, 0.25) is 0 Å². The topological polar surface area (TPSA) is 77.5 Å². The zero-order valence-electron chi connectivity index (χ0n) is 13.3. The van der Waals surface area contributed by atoms with Gasteiger partial charge in [0, 0.05) is 4.88 Å². The molecule has 6 nitrogen and oxygen atoms in total. The molecular weight excluding hydrogens is 328 g/mol. The van der Waals surface area contributed by atoms with Crippen molar-refractivity contribution < 1.29 is 19.1 Å². The van der Waals surface area contributed by atoms with Gasteiger partial charge in [0.05, 0.1) is 18.2 Å². The molecule has 0 saturated heterocycles. The molecule has 0 bridgehead atoms. The maximum Gasteiger partial charge on any atom is 0.418 e. The zero-order chi connectivity index (χ0) is 16.9. The molecule has 1 heterocycles. The van der Waals surface area contributed by atoms with E-state index in [-0.39, 0.29) is 11.9 Å². The van der Waals surface area contributed by atoms with Gasteiger partial charge in [-0.15, -0.1) is 11.3 Å². The average molecular weight is 346 g/mol. The van der Waals surface area contributed by atoms with E-state index in [2.05, 4.69) is 10.3 Å². The third kappa shape index (κ3) is 3.91. The summed E-state index contributed by atoms with van der Waals surface area (Å²) in [7, 11) is 0. The smallest absolute Gasteiger partial charge is 0.418 e. The third-order valence-electron chi connectivity index (χ3n) is 3.72. The second-order valence-corrected chi connectivity index (χ2v) is 6.49. The molecule has 7 heteroatoms. The summed E-state index contributed by atoms with van der Waals surface area (Å²) in [6.45, 7) is 2.20. The fraction of sp³-hybridized carbons (Fsp3) is 0.353. The quantitative estimate of drug-likeness (QED) is 0.858. The van der Waals surface area contributed by atoms with Gasteiger partial charge >= 0.3 is 12.1 Å². The van der Waals surface area contributed by atoms with E-state index >= 15 is 0 Å². The first kappa shape index (κ1) is 16.4. The molecule has 1 unspecified atom stereocenters. The number of carbonyl (C=O) groups excluding carboxylic acids is 2. The van der Waals surface area contributed by atoms with Crippen LogP contribution in [0.5, 0.6) is 5.75 Å². The number of hydrogen-bond donors (Lipinski definition) is 1. The number of rotatable bonds is 4. The number of ether oxygens (including phenoxy) is 2. The van der Waals surface area contributed by atoms with Gasteiger partial charge in [0.15, 0.2) is 5.13 Å². The second kappa shape index (κ2) is 7.44. The molecule has 1 aromatic carbocycles. The molecule has 1 N–H and O–H groups in total. The van der Waals surface area contributed by atoms with Crippen LogP contribution in [0.25, 0.3) is 0 Å². The average Bonchev–Trinajstić information content (AvgIpc) is 2.97. The summed E-state index contributed by atoms with van der Waals surface area (Å²) < 4.78 is 10.3. The van der Waals surface area contributed by atoms with Crippen LogP contribution >= 0.6 is 11.3 Å². The summed E-state index contributed by atoms with van der Waals surface area (Å²) >= 11 is 1.38. The van der Waals surface area contributed by atoms with E-state index in [4.69, 9.17) is 9.47 Å². The second-order valence-electron chi connectivity index (χ2n) is 5.41. The van der Waals surface area contributed by atoms with Gasteiger partial charge < -0.3 is 9.47 Å². The van der Waals surface area contributed by atoms with E-state index in [0.29, 0.717) is 30.3 Å². The van der Waals surface area contributed by atoms with Crippen molar-refractivity contribution >= 4 is 28.5 Å². The lowest BCUT2D eigenvalue weighted by Gasteiger charge is -2.18. The van der Waals surface area contributed by atoms with Crippen molar-refractivity contribution in [2.45, 2.75) is 26.2 Å². The number of thiazole rings is 1. The molecule has 0 fully saturated rings. The fourth-order valence-corrected chi connectivity index (χ4v) is 3.67. The van der Waals surface area contributed by atoms with Crippen LogP contribution in [0, 0.1) is 5.92 Å². The molecule has 3 rings (SSSR count). The maximum atomic E-state index is 11.9. The summed E-state index contributed by atoms with van der Waals surface area (Å²) in [6, 6.07) is 8.84. The number of esters is 1. The number of nitrogens with one attached hydrogen (secondary N) is 1. The molecule has 1 aliphatic carbocycles. The standard InChI is InChI=1S/C17H18N2O4S/c1-2-22-15(20)11-8-9-13-14(10-11)24-16(18-13)19-17(21)23-12-6-4-3-5-7-12/h3-7,11H,2,8-10H2,1H3,(H,18,19,21). The molecule has 2 aromatic rings. The van der Waals surface area contributed by atoms with Crippen molar-refractivity contribution in [1.29, 1.82) is 0 Å². The summed E-state index contributed by atoms with van der Waals surface area (Å²) in [5, 5.41) is 3.14. The van der Waals surface area contributed by atoms with Crippen LogP contribution in [0.15, 0.2) is 30.3 Å². The van der Waals surface area contributed by atoms with Gasteiger partial charge in [-0.3, -0.25) is 10.1 Å². The predicted molar refractivity (Wildman–Crippen MR) is 90.4 cm³/mol. The molecule has 0 radical (unpaired) electrons. The lowest BCUT2D eigenvalue weighted by atomic mass is 9.91. The Morgan fingerprint density at radius 1 is 1.33 bits per heavy atom. The lowest BCUT2D eigenvalue weighted by Crippen LogP contribution is -2.24. The Kier molecular flexibility index (Phi) is 5.10. The van der Waals surface area contributed by atoms with Crippen LogP contribution in [0.4, 0.5) is 9.93 Å². The van der Waals surface area contributed by atoms with Gasteiger partial charge in [-0.25, -0.2) is 9.78 Å². The van der Waals surface area contributed by atoms with E-state index in [1.807, 2.05) is 6.07 Å². The molecular formula is C17H18N2O4S. The number of carbonyl (C=O) groups is 2. The molecule has 0 saturated carbocycles. The maximum absolute atomic E-state index is 11.9. The minimum atomic E-state index is -0.575. The minimum Gasteiger partial charge on any atom is -0.466 e. The Bertz CT molecular complexity index is 729. The molecule has 1 atom stereocenters. The Morgan fingerprint density at radius 3 is 2.88 bits per heavy atom. The molecule has 1 aromatic heterocycles. The Hall–Kier alpha value is -2.41. The number of benzene rings is 1. The number of amides is 1. The van der Waals surface area contributed by atoms with Gasteiger partial charge in [0.1, 0.15) is 5.75 Å². The van der Waals surface area contributed by atoms with E-state index < -0.39 is 6.09 Å². The first-order valence-corrected chi connectivity index (χ1v) is 8.66. The van der Waals surface area contributed by atoms with Crippen molar-refractivity contribution in [3.63, 3.8) is 0 Å². The summed E-state index contributed by atoms with van der Waals surface area (Å²) in [6.07, 6.45) is 1.48. The number of nitrogens with zero attached hydrogens (tertiary/aromatic N) is 1. The molecule has 1 amide bonds. The van der Waals surface area contributed by atoms with Gasteiger partial charge in [-0.2, -0.15) is 0 Å². The number of para-hydroxylation sites is 1. The zero-order valence-corrected chi connectivity index (χ0v) is 14.1. The highest BCUT2D eigenvalue weighted by Gasteiger charge is 2.28. The SMILES string of the molecule is CCOC(=O)C1CCc2nc(NC(=O)Oc3ccccc3)sc2C1. The molecule has 0 aliphatic heterocycles. The lowest BCUT2D eigenvalue weighted by molar-refractivity contribution is -0.148. The van der Waals surface area contributed by atoms with E-state index in [9.17, 15) is 9.59 Å². The Labute approximate surface area is 143 Å². The van der Waals surface area contributed by atoms with E-state index in [0.717, 1.165) is 17.0 Å². The van der Waals surface area contributed by atoms with Crippen LogP contribution in [-0.4, -0.2) is 23.7 Å². The van der Waals surface area contributed by atoms with Crippen molar-refractivity contribution in [3.8, 4) is 5.75 Å². The molecule has 0 spiro atoms. The van der Waals surface area contributed by atoms with Crippen LogP contribution in [0.2, 0.25) is 0 Å². The number of aryl methyl sites for hydroxylation is 1. The van der Waals surface area contributed by atoms with Crippen LogP contribution < -0.4 is 10.1 Å².